The molecule has 1 aromatic carbocycles. The average molecular weight is 220 g/mol. The molecular weight excluding hydrogens is 208 g/mol. The number of carbonyl (C=O) groups is 1. The third kappa shape index (κ3) is 1.67. The standard InChI is InChI=1S/C12H12O4/c1-14-7-10(13)8-3-4-11-9(5-6-16-11)12(8)15-2/h3-6H,7H2,1-2H3. The fraction of sp³-hybridized carbons (Fsp3) is 0.250. The summed E-state index contributed by atoms with van der Waals surface area (Å²) in [5.41, 5.74) is 1.21. The summed E-state index contributed by atoms with van der Waals surface area (Å²) in [6.45, 7) is 0.0414. The molecule has 0 aliphatic carbocycles. The smallest absolute Gasteiger partial charge is 0.192 e. The van der Waals surface area contributed by atoms with Crippen LogP contribution >= 0.6 is 0 Å². The third-order valence-corrected chi connectivity index (χ3v) is 2.37. The Balaban J connectivity index is 2.56. The number of ketones is 1. The average Bonchev–Trinajstić information content (AvgIpc) is 2.75. The van der Waals surface area contributed by atoms with Crippen molar-refractivity contribution in [1.29, 1.82) is 0 Å². The zero-order chi connectivity index (χ0) is 11.5. The zero-order valence-corrected chi connectivity index (χ0v) is 9.15. The zero-order valence-electron chi connectivity index (χ0n) is 9.15. The molecule has 16 heavy (non-hydrogen) atoms. The van der Waals surface area contributed by atoms with E-state index in [1.54, 1.807) is 24.5 Å². The summed E-state index contributed by atoms with van der Waals surface area (Å²) in [4.78, 5) is 11.8. The fourth-order valence-corrected chi connectivity index (χ4v) is 1.67. The van der Waals surface area contributed by atoms with Crippen LogP contribution in [0, 0.1) is 0 Å². The Morgan fingerprint density at radius 1 is 1.31 bits per heavy atom. The Kier molecular flexibility index (Phi) is 2.92. The van der Waals surface area contributed by atoms with Crippen molar-refractivity contribution in [2.24, 2.45) is 0 Å². The van der Waals surface area contributed by atoms with E-state index in [0.29, 0.717) is 16.9 Å². The number of furan rings is 1. The number of carbonyl (C=O) groups excluding carboxylic acids is 1. The van der Waals surface area contributed by atoms with Gasteiger partial charge in [-0.1, -0.05) is 0 Å². The first-order valence-corrected chi connectivity index (χ1v) is 4.84. The highest BCUT2D eigenvalue weighted by molar-refractivity contribution is 6.04. The molecule has 4 nitrogen and oxygen atoms in total. The minimum atomic E-state index is -0.109. The first-order valence-electron chi connectivity index (χ1n) is 4.84. The largest absolute Gasteiger partial charge is 0.495 e. The van der Waals surface area contributed by atoms with Gasteiger partial charge in [-0.3, -0.25) is 4.79 Å². The first-order chi connectivity index (χ1) is 7.77. The van der Waals surface area contributed by atoms with Gasteiger partial charge < -0.3 is 13.9 Å². The van der Waals surface area contributed by atoms with Crippen molar-refractivity contribution in [1.82, 2.24) is 0 Å². The second kappa shape index (κ2) is 4.37. The topological polar surface area (TPSA) is 48.7 Å². The van der Waals surface area contributed by atoms with Gasteiger partial charge in [0.25, 0.3) is 0 Å². The summed E-state index contributed by atoms with van der Waals surface area (Å²) in [6, 6.07) is 5.21. The van der Waals surface area contributed by atoms with Crippen LogP contribution in [0.4, 0.5) is 0 Å². The van der Waals surface area contributed by atoms with Crippen molar-refractivity contribution in [2.45, 2.75) is 0 Å². The second-order valence-electron chi connectivity index (χ2n) is 3.33. The van der Waals surface area contributed by atoms with Crippen LogP contribution in [-0.4, -0.2) is 26.6 Å². The van der Waals surface area contributed by atoms with Crippen LogP contribution in [0.25, 0.3) is 11.0 Å². The van der Waals surface area contributed by atoms with Crippen molar-refractivity contribution >= 4 is 16.8 Å². The van der Waals surface area contributed by atoms with Crippen LogP contribution in [0.1, 0.15) is 10.4 Å². The van der Waals surface area contributed by atoms with Crippen LogP contribution in [0.2, 0.25) is 0 Å². The third-order valence-electron chi connectivity index (χ3n) is 2.37. The molecule has 0 saturated carbocycles. The number of rotatable bonds is 4. The van der Waals surface area contributed by atoms with Crippen LogP contribution in [0.15, 0.2) is 28.9 Å². The van der Waals surface area contributed by atoms with Gasteiger partial charge in [0.1, 0.15) is 17.9 Å². The number of benzene rings is 1. The van der Waals surface area contributed by atoms with E-state index < -0.39 is 0 Å². The number of Topliss-reactive ketones (excluding diaryl/α,β-unsaturated/α-hetero) is 1. The Labute approximate surface area is 92.8 Å². The van der Waals surface area contributed by atoms with Crippen LogP contribution in [0.3, 0.4) is 0 Å². The molecule has 2 aromatic rings. The van der Waals surface area contributed by atoms with E-state index in [9.17, 15) is 4.79 Å². The molecule has 0 saturated heterocycles. The van der Waals surface area contributed by atoms with Crippen molar-refractivity contribution in [3.63, 3.8) is 0 Å². The van der Waals surface area contributed by atoms with Crippen molar-refractivity contribution in [3.05, 3.63) is 30.0 Å². The maximum Gasteiger partial charge on any atom is 0.192 e. The highest BCUT2D eigenvalue weighted by atomic mass is 16.5. The fourth-order valence-electron chi connectivity index (χ4n) is 1.67. The van der Waals surface area contributed by atoms with Crippen LogP contribution in [-0.2, 0) is 4.74 Å². The summed E-state index contributed by atoms with van der Waals surface area (Å²) in [5, 5.41) is 0.796. The predicted molar refractivity (Wildman–Crippen MR) is 59.0 cm³/mol. The van der Waals surface area contributed by atoms with Gasteiger partial charge in [0.15, 0.2) is 5.78 Å². The van der Waals surface area contributed by atoms with Gasteiger partial charge in [0.2, 0.25) is 0 Å². The lowest BCUT2D eigenvalue weighted by atomic mass is 10.1. The van der Waals surface area contributed by atoms with Crippen molar-refractivity contribution < 1.29 is 18.7 Å². The maximum absolute atomic E-state index is 11.8. The monoisotopic (exact) mass is 220 g/mol. The molecule has 0 aliphatic rings. The van der Waals surface area contributed by atoms with E-state index in [4.69, 9.17) is 13.9 Å². The Hall–Kier alpha value is -1.81. The summed E-state index contributed by atoms with van der Waals surface area (Å²) >= 11 is 0. The molecule has 1 heterocycles. The van der Waals surface area contributed by atoms with Crippen molar-refractivity contribution in [2.75, 3.05) is 20.8 Å². The minimum Gasteiger partial charge on any atom is -0.495 e. The predicted octanol–water partition coefficient (Wildman–Crippen LogP) is 2.27. The molecule has 0 aliphatic heterocycles. The molecule has 0 amide bonds. The van der Waals surface area contributed by atoms with Gasteiger partial charge in [-0.2, -0.15) is 0 Å². The van der Waals surface area contributed by atoms with Gasteiger partial charge in [-0.25, -0.2) is 0 Å². The maximum atomic E-state index is 11.8. The van der Waals surface area contributed by atoms with Crippen molar-refractivity contribution in [3.8, 4) is 5.75 Å². The Bertz CT molecular complexity index is 513. The van der Waals surface area contributed by atoms with E-state index in [-0.39, 0.29) is 12.4 Å². The molecule has 4 heteroatoms. The summed E-state index contributed by atoms with van der Waals surface area (Å²) in [5.74, 6) is 0.427. The van der Waals surface area contributed by atoms with Gasteiger partial charge in [-0.15, -0.1) is 0 Å². The number of methoxy groups -OCH3 is 2. The number of fused-ring (bicyclic) bond motifs is 1. The summed E-state index contributed by atoms with van der Waals surface area (Å²) in [6.07, 6.45) is 1.57. The quantitative estimate of drug-likeness (QED) is 0.741. The molecule has 0 atom stereocenters. The normalized spacial score (nSPS) is 10.6. The lowest BCUT2D eigenvalue weighted by Gasteiger charge is -2.07. The first kappa shape index (κ1) is 10.7. The molecule has 0 radical (unpaired) electrons. The van der Waals surface area contributed by atoms with E-state index >= 15 is 0 Å². The van der Waals surface area contributed by atoms with E-state index in [1.807, 2.05) is 0 Å². The highest BCUT2D eigenvalue weighted by Gasteiger charge is 2.15. The Morgan fingerprint density at radius 2 is 2.12 bits per heavy atom. The van der Waals surface area contributed by atoms with Gasteiger partial charge in [0, 0.05) is 7.11 Å². The number of hydrogen-bond acceptors (Lipinski definition) is 4. The van der Waals surface area contributed by atoms with Gasteiger partial charge in [0.05, 0.1) is 24.3 Å². The molecular formula is C12H12O4. The lowest BCUT2D eigenvalue weighted by molar-refractivity contribution is 0.0845. The van der Waals surface area contributed by atoms with Crippen LogP contribution in [0.5, 0.6) is 5.75 Å². The second-order valence-corrected chi connectivity index (χ2v) is 3.33. The minimum absolute atomic E-state index is 0.0414. The molecule has 0 fully saturated rings. The molecule has 0 unspecified atom stereocenters. The summed E-state index contributed by atoms with van der Waals surface area (Å²) in [7, 11) is 3.02. The van der Waals surface area contributed by atoms with Gasteiger partial charge >= 0.3 is 0 Å². The highest BCUT2D eigenvalue weighted by Crippen LogP contribution is 2.30. The molecule has 2 rings (SSSR count). The molecule has 0 bridgehead atoms. The Morgan fingerprint density at radius 3 is 2.81 bits per heavy atom. The van der Waals surface area contributed by atoms with Gasteiger partial charge in [-0.05, 0) is 18.2 Å². The molecule has 84 valence electrons. The van der Waals surface area contributed by atoms with E-state index in [2.05, 4.69) is 0 Å². The molecule has 0 N–H and O–H groups in total. The lowest BCUT2D eigenvalue weighted by Crippen LogP contribution is -2.08. The summed E-state index contributed by atoms with van der Waals surface area (Å²) < 4.78 is 15.3. The molecule has 0 spiro atoms. The number of ether oxygens (including phenoxy) is 2. The number of hydrogen-bond donors (Lipinski definition) is 0. The van der Waals surface area contributed by atoms with Crippen LogP contribution < -0.4 is 4.74 Å². The van der Waals surface area contributed by atoms with E-state index in [1.165, 1.54) is 14.2 Å². The molecule has 1 aromatic heterocycles. The SMILES string of the molecule is COCC(=O)c1ccc2occc2c1OC. The van der Waals surface area contributed by atoms with E-state index in [0.717, 1.165) is 5.39 Å².